The summed E-state index contributed by atoms with van der Waals surface area (Å²) in [4.78, 5) is 11.2. The molecule has 0 bridgehead atoms. The van der Waals surface area contributed by atoms with Crippen molar-refractivity contribution in [2.24, 2.45) is 0 Å². The molecule has 1 aromatic carbocycles. The monoisotopic (exact) mass is 205 g/mol. The second kappa shape index (κ2) is 4.96. The van der Waals surface area contributed by atoms with Gasteiger partial charge in [-0.05, 0) is 43.9 Å². The second-order valence-electron chi connectivity index (χ2n) is 4.05. The molecule has 82 valence electrons. The van der Waals surface area contributed by atoms with Crippen LogP contribution >= 0.6 is 0 Å². The van der Waals surface area contributed by atoms with E-state index in [1.807, 2.05) is 0 Å². The van der Waals surface area contributed by atoms with Crippen molar-refractivity contribution in [3.8, 4) is 0 Å². The molecule has 0 aliphatic heterocycles. The zero-order valence-electron chi connectivity index (χ0n) is 9.98. The van der Waals surface area contributed by atoms with E-state index in [-0.39, 0.29) is 5.91 Å². The summed E-state index contributed by atoms with van der Waals surface area (Å²) in [5.41, 5.74) is 5.17. The van der Waals surface area contributed by atoms with E-state index in [4.69, 9.17) is 0 Å². The van der Waals surface area contributed by atoms with E-state index >= 15 is 0 Å². The van der Waals surface area contributed by atoms with Gasteiger partial charge >= 0.3 is 0 Å². The van der Waals surface area contributed by atoms with Gasteiger partial charge in [0.15, 0.2) is 0 Å². The van der Waals surface area contributed by atoms with Crippen LogP contribution in [0.3, 0.4) is 0 Å². The highest BCUT2D eigenvalue weighted by Crippen LogP contribution is 2.17. The molecule has 2 nitrogen and oxygen atoms in total. The first-order valence-corrected chi connectivity index (χ1v) is 5.32. The first-order chi connectivity index (χ1) is 7.04. The molecule has 0 fully saturated rings. The highest BCUT2D eigenvalue weighted by atomic mass is 16.1. The molecule has 0 aliphatic rings. The standard InChI is InChI=1S/C13H19NO/c1-9-7-10(2)12(11(3)8-9)5-6-13(15)14-4/h7-8H,5-6H2,1-4H3,(H,14,15). The molecule has 0 saturated heterocycles. The summed E-state index contributed by atoms with van der Waals surface area (Å²) in [6, 6.07) is 4.35. The van der Waals surface area contributed by atoms with Crippen LogP contribution in [0.2, 0.25) is 0 Å². The summed E-state index contributed by atoms with van der Waals surface area (Å²) in [6.07, 6.45) is 1.40. The number of benzene rings is 1. The summed E-state index contributed by atoms with van der Waals surface area (Å²) in [5, 5.41) is 2.65. The molecule has 1 aromatic rings. The Morgan fingerprint density at radius 1 is 1.20 bits per heavy atom. The molecule has 0 spiro atoms. The van der Waals surface area contributed by atoms with E-state index in [1.165, 1.54) is 22.3 Å². The summed E-state index contributed by atoms with van der Waals surface area (Å²) >= 11 is 0. The maximum absolute atomic E-state index is 11.2. The van der Waals surface area contributed by atoms with Gasteiger partial charge in [-0.2, -0.15) is 0 Å². The van der Waals surface area contributed by atoms with E-state index in [9.17, 15) is 4.79 Å². The van der Waals surface area contributed by atoms with E-state index in [0.29, 0.717) is 6.42 Å². The quantitative estimate of drug-likeness (QED) is 0.806. The van der Waals surface area contributed by atoms with Crippen molar-refractivity contribution in [3.63, 3.8) is 0 Å². The Labute approximate surface area is 91.7 Å². The molecule has 1 N–H and O–H groups in total. The number of rotatable bonds is 3. The van der Waals surface area contributed by atoms with E-state index in [1.54, 1.807) is 7.05 Å². The van der Waals surface area contributed by atoms with Crippen molar-refractivity contribution >= 4 is 5.91 Å². The number of amides is 1. The lowest BCUT2D eigenvalue weighted by Gasteiger charge is -2.10. The second-order valence-corrected chi connectivity index (χ2v) is 4.05. The minimum atomic E-state index is 0.106. The Morgan fingerprint density at radius 3 is 2.20 bits per heavy atom. The van der Waals surface area contributed by atoms with Crippen molar-refractivity contribution in [1.82, 2.24) is 5.32 Å². The van der Waals surface area contributed by atoms with Crippen molar-refractivity contribution in [1.29, 1.82) is 0 Å². The van der Waals surface area contributed by atoms with Crippen LogP contribution in [0.15, 0.2) is 12.1 Å². The van der Waals surface area contributed by atoms with Crippen LogP contribution in [0, 0.1) is 20.8 Å². The predicted molar refractivity (Wildman–Crippen MR) is 63.0 cm³/mol. The molecule has 1 rings (SSSR count). The fourth-order valence-electron chi connectivity index (χ4n) is 1.97. The molecule has 0 saturated carbocycles. The van der Waals surface area contributed by atoms with Gasteiger partial charge in [-0.1, -0.05) is 17.7 Å². The topological polar surface area (TPSA) is 29.1 Å². The van der Waals surface area contributed by atoms with Gasteiger partial charge in [0, 0.05) is 13.5 Å². The normalized spacial score (nSPS) is 10.1. The SMILES string of the molecule is CNC(=O)CCc1c(C)cc(C)cc1C. The Balaban J connectivity index is 2.81. The minimum Gasteiger partial charge on any atom is -0.359 e. The lowest BCUT2D eigenvalue weighted by molar-refractivity contribution is -0.120. The van der Waals surface area contributed by atoms with Crippen LogP contribution in [0.4, 0.5) is 0 Å². The predicted octanol–water partition coefficient (Wildman–Crippen LogP) is 2.29. The van der Waals surface area contributed by atoms with Gasteiger partial charge in [0.25, 0.3) is 0 Å². The smallest absolute Gasteiger partial charge is 0.220 e. The summed E-state index contributed by atoms with van der Waals surface area (Å²) in [7, 11) is 1.68. The largest absolute Gasteiger partial charge is 0.359 e. The number of carbonyl (C=O) groups excluding carboxylic acids is 1. The molecule has 0 heterocycles. The van der Waals surface area contributed by atoms with Crippen molar-refractivity contribution in [3.05, 3.63) is 34.4 Å². The van der Waals surface area contributed by atoms with Gasteiger partial charge in [0.1, 0.15) is 0 Å². The van der Waals surface area contributed by atoms with E-state index in [0.717, 1.165) is 6.42 Å². The average Bonchev–Trinajstić information content (AvgIpc) is 2.15. The molecule has 0 aromatic heterocycles. The molecule has 2 heteroatoms. The molecule has 0 radical (unpaired) electrons. The molecule has 1 amide bonds. The van der Waals surface area contributed by atoms with Crippen molar-refractivity contribution in [2.75, 3.05) is 7.05 Å². The van der Waals surface area contributed by atoms with Crippen LogP contribution in [-0.2, 0) is 11.2 Å². The lowest BCUT2D eigenvalue weighted by Crippen LogP contribution is -2.18. The molecular weight excluding hydrogens is 186 g/mol. The van der Waals surface area contributed by atoms with Gasteiger partial charge in [0.05, 0.1) is 0 Å². The highest BCUT2D eigenvalue weighted by Gasteiger charge is 2.06. The van der Waals surface area contributed by atoms with Crippen LogP contribution in [0.5, 0.6) is 0 Å². The van der Waals surface area contributed by atoms with Gasteiger partial charge in [0.2, 0.25) is 5.91 Å². The number of hydrogen-bond acceptors (Lipinski definition) is 1. The maximum Gasteiger partial charge on any atom is 0.220 e. The molecule has 15 heavy (non-hydrogen) atoms. The zero-order valence-corrected chi connectivity index (χ0v) is 9.98. The number of carbonyl (C=O) groups is 1. The average molecular weight is 205 g/mol. The Bertz CT molecular complexity index is 346. The minimum absolute atomic E-state index is 0.106. The molecule has 0 atom stereocenters. The third-order valence-corrected chi connectivity index (χ3v) is 2.72. The Morgan fingerprint density at radius 2 is 1.73 bits per heavy atom. The van der Waals surface area contributed by atoms with E-state index < -0.39 is 0 Å². The van der Waals surface area contributed by atoms with Crippen LogP contribution in [-0.4, -0.2) is 13.0 Å². The fourth-order valence-corrected chi connectivity index (χ4v) is 1.97. The van der Waals surface area contributed by atoms with Crippen LogP contribution < -0.4 is 5.32 Å². The number of aryl methyl sites for hydroxylation is 3. The van der Waals surface area contributed by atoms with Gasteiger partial charge in [-0.3, -0.25) is 4.79 Å². The molecular formula is C13H19NO. The number of hydrogen-bond donors (Lipinski definition) is 1. The third-order valence-electron chi connectivity index (χ3n) is 2.72. The van der Waals surface area contributed by atoms with Crippen molar-refractivity contribution < 1.29 is 4.79 Å². The molecule has 0 aliphatic carbocycles. The van der Waals surface area contributed by atoms with Crippen molar-refractivity contribution in [2.45, 2.75) is 33.6 Å². The Hall–Kier alpha value is -1.31. The summed E-state index contributed by atoms with van der Waals surface area (Å²) in [6.45, 7) is 6.32. The van der Waals surface area contributed by atoms with Crippen LogP contribution in [0.25, 0.3) is 0 Å². The number of nitrogens with one attached hydrogen (secondary N) is 1. The lowest BCUT2D eigenvalue weighted by atomic mass is 9.96. The van der Waals surface area contributed by atoms with Gasteiger partial charge in [-0.25, -0.2) is 0 Å². The summed E-state index contributed by atoms with van der Waals surface area (Å²) < 4.78 is 0. The zero-order chi connectivity index (χ0) is 11.4. The molecule has 0 unspecified atom stereocenters. The highest BCUT2D eigenvalue weighted by molar-refractivity contribution is 5.75. The van der Waals surface area contributed by atoms with Gasteiger partial charge < -0.3 is 5.32 Å². The van der Waals surface area contributed by atoms with Crippen LogP contribution in [0.1, 0.15) is 28.7 Å². The first kappa shape index (κ1) is 11.8. The Kier molecular flexibility index (Phi) is 3.89. The van der Waals surface area contributed by atoms with E-state index in [2.05, 4.69) is 38.2 Å². The first-order valence-electron chi connectivity index (χ1n) is 5.32. The van der Waals surface area contributed by atoms with Gasteiger partial charge in [-0.15, -0.1) is 0 Å². The summed E-state index contributed by atoms with van der Waals surface area (Å²) in [5.74, 6) is 0.106. The maximum atomic E-state index is 11.2. The fraction of sp³-hybridized carbons (Fsp3) is 0.462. The third kappa shape index (κ3) is 3.08.